The van der Waals surface area contributed by atoms with Crippen molar-refractivity contribution in [2.24, 2.45) is 4.99 Å². The summed E-state index contributed by atoms with van der Waals surface area (Å²) in [4.78, 5) is 27.9. The molecule has 1 aliphatic rings. The van der Waals surface area contributed by atoms with Crippen molar-refractivity contribution >= 4 is 23.8 Å². The van der Waals surface area contributed by atoms with Gasteiger partial charge in [0, 0.05) is 26.0 Å². The predicted molar refractivity (Wildman–Crippen MR) is 87.3 cm³/mol. The number of carbonyl (C=O) groups excluding carboxylic acids is 2. The van der Waals surface area contributed by atoms with Gasteiger partial charge in [-0.2, -0.15) is 0 Å². The molecule has 0 saturated carbocycles. The standard InChI is InChI=1S/C18H19NO4/c1-3-18(2)22-16(20)15(17(21)23-18)12-8-5-9-13-19-14-10-6-4-7-11-14/h4-8,10-13H,3,9H2,1-2H3. The summed E-state index contributed by atoms with van der Waals surface area (Å²) in [5.41, 5.74) is 0.768. The van der Waals surface area contributed by atoms with Gasteiger partial charge < -0.3 is 9.47 Å². The molecule has 1 aliphatic heterocycles. The second-order valence-electron chi connectivity index (χ2n) is 5.16. The topological polar surface area (TPSA) is 65.0 Å². The lowest BCUT2D eigenvalue weighted by Crippen LogP contribution is -2.43. The SMILES string of the molecule is CCC1(C)OC(=O)C(=CC=CCC=Nc2ccccc2)C(=O)O1. The molecule has 1 aromatic carbocycles. The van der Waals surface area contributed by atoms with Crippen molar-refractivity contribution in [3.05, 3.63) is 54.1 Å². The van der Waals surface area contributed by atoms with Crippen LogP contribution in [0.1, 0.15) is 26.7 Å². The molecule has 0 bridgehead atoms. The third-order valence-electron chi connectivity index (χ3n) is 3.34. The Morgan fingerprint density at radius 3 is 2.39 bits per heavy atom. The van der Waals surface area contributed by atoms with Gasteiger partial charge in [0.2, 0.25) is 0 Å². The number of carbonyl (C=O) groups is 2. The highest BCUT2D eigenvalue weighted by Gasteiger charge is 2.40. The number of para-hydroxylation sites is 1. The highest BCUT2D eigenvalue weighted by molar-refractivity contribution is 6.15. The van der Waals surface area contributed by atoms with E-state index < -0.39 is 17.7 Å². The minimum Gasteiger partial charge on any atom is -0.419 e. The van der Waals surface area contributed by atoms with E-state index in [1.54, 1.807) is 32.2 Å². The Morgan fingerprint density at radius 1 is 1.13 bits per heavy atom. The Hall–Kier alpha value is -2.69. The zero-order valence-electron chi connectivity index (χ0n) is 13.2. The third-order valence-corrected chi connectivity index (χ3v) is 3.34. The zero-order valence-corrected chi connectivity index (χ0v) is 13.2. The van der Waals surface area contributed by atoms with Gasteiger partial charge in [0.25, 0.3) is 5.79 Å². The molecule has 5 nitrogen and oxygen atoms in total. The fraction of sp³-hybridized carbons (Fsp3) is 0.278. The van der Waals surface area contributed by atoms with E-state index in [9.17, 15) is 9.59 Å². The number of rotatable bonds is 5. The van der Waals surface area contributed by atoms with Crippen molar-refractivity contribution in [2.45, 2.75) is 32.5 Å². The van der Waals surface area contributed by atoms with Crippen LogP contribution in [0.25, 0.3) is 0 Å². The Balaban J connectivity index is 1.91. The van der Waals surface area contributed by atoms with Crippen molar-refractivity contribution in [3.8, 4) is 0 Å². The van der Waals surface area contributed by atoms with E-state index in [1.165, 1.54) is 6.08 Å². The molecule has 2 rings (SSSR count). The van der Waals surface area contributed by atoms with Crippen LogP contribution in [0.15, 0.2) is 59.1 Å². The van der Waals surface area contributed by atoms with E-state index in [0.29, 0.717) is 12.8 Å². The van der Waals surface area contributed by atoms with Crippen LogP contribution < -0.4 is 0 Å². The van der Waals surface area contributed by atoms with Crippen LogP contribution >= 0.6 is 0 Å². The van der Waals surface area contributed by atoms with Crippen LogP contribution in [0.4, 0.5) is 5.69 Å². The lowest BCUT2D eigenvalue weighted by atomic mass is 10.1. The molecule has 0 radical (unpaired) electrons. The van der Waals surface area contributed by atoms with Gasteiger partial charge in [-0.15, -0.1) is 0 Å². The van der Waals surface area contributed by atoms with Gasteiger partial charge in [-0.3, -0.25) is 4.99 Å². The number of allylic oxidation sites excluding steroid dienone is 3. The van der Waals surface area contributed by atoms with Crippen molar-refractivity contribution < 1.29 is 19.1 Å². The molecule has 0 unspecified atom stereocenters. The quantitative estimate of drug-likeness (QED) is 0.361. The number of benzene rings is 1. The molecule has 1 fully saturated rings. The average molecular weight is 313 g/mol. The molecule has 0 aliphatic carbocycles. The van der Waals surface area contributed by atoms with E-state index in [1.807, 2.05) is 30.3 Å². The van der Waals surface area contributed by atoms with Gasteiger partial charge in [0.05, 0.1) is 5.69 Å². The van der Waals surface area contributed by atoms with Gasteiger partial charge in [-0.05, 0) is 18.2 Å². The van der Waals surface area contributed by atoms with Crippen LogP contribution in [-0.2, 0) is 19.1 Å². The fourth-order valence-corrected chi connectivity index (χ4v) is 1.86. The van der Waals surface area contributed by atoms with Crippen molar-refractivity contribution in [3.63, 3.8) is 0 Å². The second-order valence-corrected chi connectivity index (χ2v) is 5.16. The summed E-state index contributed by atoms with van der Waals surface area (Å²) in [6.45, 7) is 3.34. The van der Waals surface area contributed by atoms with Crippen LogP contribution in [-0.4, -0.2) is 23.9 Å². The summed E-state index contributed by atoms with van der Waals surface area (Å²) < 4.78 is 10.3. The molecule has 5 heteroatoms. The third kappa shape index (κ3) is 4.64. The van der Waals surface area contributed by atoms with Crippen LogP contribution in [0.2, 0.25) is 0 Å². The number of nitrogens with zero attached hydrogens (tertiary/aromatic N) is 1. The molecule has 0 amide bonds. The molecule has 1 aromatic rings. The van der Waals surface area contributed by atoms with E-state index in [2.05, 4.69) is 4.99 Å². The lowest BCUT2D eigenvalue weighted by molar-refractivity contribution is -0.229. The number of hydrogen-bond acceptors (Lipinski definition) is 5. The largest absolute Gasteiger partial charge is 0.419 e. The number of aliphatic imine (C=N–C) groups is 1. The maximum atomic E-state index is 11.8. The summed E-state index contributed by atoms with van der Waals surface area (Å²) in [5.74, 6) is -2.49. The first kappa shape index (κ1) is 16.7. The lowest BCUT2D eigenvalue weighted by Gasteiger charge is -2.32. The van der Waals surface area contributed by atoms with E-state index >= 15 is 0 Å². The summed E-state index contributed by atoms with van der Waals surface area (Å²) >= 11 is 0. The van der Waals surface area contributed by atoms with Crippen molar-refractivity contribution in [1.29, 1.82) is 0 Å². The smallest absolute Gasteiger partial charge is 0.348 e. The molecule has 1 saturated heterocycles. The molecule has 120 valence electrons. The highest BCUT2D eigenvalue weighted by Crippen LogP contribution is 2.25. The monoisotopic (exact) mass is 313 g/mol. The Morgan fingerprint density at radius 2 is 1.78 bits per heavy atom. The van der Waals surface area contributed by atoms with Crippen molar-refractivity contribution in [2.75, 3.05) is 0 Å². The normalized spacial score (nSPS) is 21.6. The molecule has 0 N–H and O–H groups in total. The Bertz CT molecular complexity index is 639. The van der Waals surface area contributed by atoms with Crippen LogP contribution in [0, 0.1) is 0 Å². The van der Waals surface area contributed by atoms with E-state index in [-0.39, 0.29) is 5.57 Å². The van der Waals surface area contributed by atoms with E-state index in [0.717, 1.165) is 5.69 Å². The summed E-state index contributed by atoms with van der Waals surface area (Å²) in [6, 6.07) is 9.56. The summed E-state index contributed by atoms with van der Waals surface area (Å²) in [5, 5.41) is 0. The molecule has 0 aromatic heterocycles. The number of esters is 2. The first-order valence-electron chi connectivity index (χ1n) is 7.45. The van der Waals surface area contributed by atoms with Crippen molar-refractivity contribution in [1.82, 2.24) is 0 Å². The van der Waals surface area contributed by atoms with Gasteiger partial charge in [0.1, 0.15) is 5.57 Å². The number of cyclic esters (lactones) is 2. The summed E-state index contributed by atoms with van der Waals surface area (Å²) in [6.07, 6.45) is 7.53. The van der Waals surface area contributed by atoms with Gasteiger partial charge >= 0.3 is 11.9 Å². The van der Waals surface area contributed by atoms with Gasteiger partial charge in [0.15, 0.2) is 0 Å². The first-order chi connectivity index (χ1) is 11.0. The molecule has 0 spiro atoms. The van der Waals surface area contributed by atoms with Crippen LogP contribution in [0.5, 0.6) is 0 Å². The first-order valence-corrected chi connectivity index (χ1v) is 7.45. The maximum Gasteiger partial charge on any atom is 0.348 e. The number of ether oxygens (including phenoxy) is 2. The maximum absolute atomic E-state index is 11.8. The Kier molecular flexibility index (Phi) is 5.46. The molecule has 23 heavy (non-hydrogen) atoms. The zero-order chi connectivity index (χ0) is 16.7. The minimum atomic E-state index is -1.17. The van der Waals surface area contributed by atoms with Gasteiger partial charge in [-0.25, -0.2) is 9.59 Å². The molecular formula is C18H19NO4. The molecule has 0 atom stereocenters. The highest BCUT2D eigenvalue weighted by atomic mass is 16.7. The summed E-state index contributed by atoms with van der Waals surface area (Å²) in [7, 11) is 0. The second kappa shape index (κ2) is 7.54. The Labute approximate surface area is 135 Å². The van der Waals surface area contributed by atoms with Gasteiger partial charge in [-0.1, -0.05) is 37.3 Å². The average Bonchev–Trinajstić information content (AvgIpc) is 2.53. The minimum absolute atomic E-state index is 0.104. The van der Waals surface area contributed by atoms with Crippen LogP contribution in [0.3, 0.4) is 0 Å². The van der Waals surface area contributed by atoms with E-state index in [4.69, 9.17) is 9.47 Å². The molecule has 1 heterocycles. The number of hydrogen-bond donors (Lipinski definition) is 0. The molecular weight excluding hydrogens is 294 g/mol. The predicted octanol–water partition coefficient (Wildman–Crippen LogP) is 3.49. The fourth-order valence-electron chi connectivity index (χ4n) is 1.86.